The summed E-state index contributed by atoms with van der Waals surface area (Å²) in [6.45, 7) is 0. The van der Waals surface area contributed by atoms with Crippen molar-refractivity contribution >= 4 is 29.2 Å². The summed E-state index contributed by atoms with van der Waals surface area (Å²) in [6, 6.07) is 14.8. The number of benzene rings is 2. The molecule has 21 heavy (non-hydrogen) atoms. The Morgan fingerprint density at radius 3 is 2.57 bits per heavy atom. The molecule has 6 heteroatoms. The Hall–Kier alpha value is -2.53. The van der Waals surface area contributed by atoms with E-state index in [1.54, 1.807) is 6.07 Å². The molecule has 1 aliphatic rings. The molecule has 0 aromatic heterocycles. The van der Waals surface area contributed by atoms with Crippen LogP contribution in [0.3, 0.4) is 0 Å². The van der Waals surface area contributed by atoms with E-state index >= 15 is 0 Å². The number of aliphatic imine (C=N–C) groups is 1. The fraction of sp³-hybridized carbons (Fsp3) is 0.0667. The van der Waals surface area contributed by atoms with Crippen molar-refractivity contribution in [2.75, 3.05) is 0 Å². The van der Waals surface area contributed by atoms with Gasteiger partial charge in [0.05, 0.1) is 11.7 Å². The van der Waals surface area contributed by atoms with E-state index in [4.69, 9.17) is 28.5 Å². The van der Waals surface area contributed by atoms with Crippen LogP contribution in [0.1, 0.15) is 17.2 Å². The fourth-order valence-corrected chi connectivity index (χ4v) is 2.70. The molecule has 5 nitrogen and oxygen atoms in total. The fourth-order valence-electron chi connectivity index (χ4n) is 2.52. The lowest BCUT2D eigenvalue weighted by Gasteiger charge is -2.35. The highest BCUT2D eigenvalue weighted by Crippen LogP contribution is 2.39. The predicted molar refractivity (Wildman–Crippen MR) is 84.8 cm³/mol. The minimum Gasteiger partial charge on any atom is -0.370 e. The number of halogens is 1. The summed E-state index contributed by atoms with van der Waals surface area (Å²) in [5.74, 6) is 0.0434. The van der Waals surface area contributed by atoms with Crippen LogP contribution in [0.2, 0.25) is 5.02 Å². The van der Waals surface area contributed by atoms with E-state index in [2.05, 4.69) is 4.99 Å². The molecule has 1 aliphatic heterocycles. The van der Waals surface area contributed by atoms with E-state index in [1.807, 2.05) is 42.5 Å². The van der Waals surface area contributed by atoms with Crippen LogP contribution in [0.4, 0.5) is 5.69 Å². The third-order valence-corrected chi connectivity index (χ3v) is 3.63. The normalized spacial score (nSPS) is 17.1. The summed E-state index contributed by atoms with van der Waals surface area (Å²) in [5.41, 5.74) is 14.3. The molecule has 2 aromatic rings. The van der Waals surface area contributed by atoms with Gasteiger partial charge in [-0.1, -0.05) is 41.9 Å². The van der Waals surface area contributed by atoms with Crippen molar-refractivity contribution in [3.8, 4) is 0 Å². The molecule has 0 radical (unpaired) electrons. The first-order valence-corrected chi connectivity index (χ1v) is 6.77. The lowest BCUT2D eigenvalue weighted by atomic mass is 9.94. The number of guanidine groups is 2. The van der Waals surface area contributed by atoms with E-state index in [1.165, 1.54) is 4.90 Å². The maximum atomic E-state index is 7.80. The van der Waals surface area contributed by atoms with Gasteiger partial charge in [0.15, 0.2) is 5.96 Å². The van der Waals surface area contributed by atoms with Crippen molar-refractivity contribution in [1.29, 1.82) is 5.41 Å². The second-order valence-electron chi connectivity index (χ2n) is 4.74. The summed E-state index contributed by atoms with van der Waals surface area (Å²) < 4.78 is 0. The zero-order valence-corrected chi connectivity index (χ0v) is 11.9. The van der Waals surface area contributed by atoms with Gasteiger partial charge in [-0.2, -0.15) is 0 Å². The molecule has 5 N–H and O–H groups in total. The quantitative estimate of drug-likeness (QED) is 0.558. The van der Waals surface area contributed by atoms with Crippen molar-refractivity contribution in [2.24, 2.45) is 16.5 Å². The number of nitrogens with two attached hydrogens (primary N) is 2. The van der Waals surface area contributed by atoms with Crippen LogP contribution < -0.4 is 11.5 Å². The molecule has 0 amide bonds. The molecular formula is C15H14ClN5. The Labute approximate surface area is 127 Å². The van der Waals surface area contributed by atoms with Gasteiger partial charge in [0.25, 0.3) is 0 Å². The number of nitrogens with one attached hydrogen (secondary N) is 1. The van der Waals surface area contributed by atoms with Crippen LogP contribution in [0.5, 0.6) is 0 Å². The Morgan fingerprint density at radius 2 is 1.90 bits per heavy atom. The van der Waals surface area contributed by atoms with E-state index in [9.17, 15) is 0 Å². The number of hydrogen-bond acceptors (Lipinski definition) is 3. The molecule has 0 spiro atoms. The zero-order valence-electron chi connectivity index (χ0n) is 11.1. The first-order valence-electron chi connectivity index (χ1n) is 6.40. The van der Waals surface area contributed by atoms with Crippen LogP contribution in [0, 0.1) is 5.41 Å². The summed E-state index contributed by atoms with van der Waals surface area (Å²) >= 11 is 6.11. The van der Waals surface area contributed by atoms with Gasteiger partial charge in [-0.25, -0.2) is 4.99 Å². The molecule has 106 valence electrons. The molecule has 1 atom stereocenters. The predicted octanol–water partition coefficient (Wildman–Crippen LogP) is 2.58. The largest absolute Gasteiger partial charge is 0.370 e. The Balaban J connectivity index is 2.24. The third kappa shape index (κ3) is 2.32. The minimum atomic E-state index is -0.310. The highest BCUT2D eigenvalue weighted by molar-refractivity contribution is 6.30. The molecular weight excluding hydrogens is 286 g/mol. The molecule has 0 fully saturated rings. The number of rotatable bonds is 1. The van der Waals surface area contributed by atoms with E-state index in [-0.39, 0.29) is 18.0 Å². The Morgan fingerprint density at radius 1 is 1.19 bits per heavy atom. The molecule has 1 heterocycles. The van der Waals surface area contributed by atoms with Crippen molar-refractivity contribution in [2.45, 2.75) is 6.04 Å². The Kier molecular flexibility index (Phi) is 3.27. The van der Waals surface area contributed by atoms with Gasteiger partial charge in [-0.15, -0.1) is 0 Å². The van der Waals surface area contributed by atoms with E-state index < -0.39 is 0 Å². The van der Waals surface area contributed by atoms with E-state index in [0.717, 1.165) is 16.8 Å². The number of fused-ring (bicyclic) bond motifs is 1. The highest BCUT2D eigenvalue weighted by atomic mass is 35.5. The number of nitrogens with zero attached hydrogens (tertiary/aromatic N) is 2. The van der Waals surface area contributed by atoms with Crippen molar-refractivity contribution in [3.05, 3.63) is 64.7 Å². The topological polar surface area (TPSA) is 91.5 Å². The molecule has 0 unspecified atom stereocenters. The monoisotopic (exact) mass is 299 g/mol. The molecule has 0 saturated carbocycles. The second-order valence-corrected chi connectivity index (χ2v) is 5.18. The zero-order chi connectivity index (χ0) is 15.0. The summed E-state index contributed by atoms with van der Waals surface area (Å²) in [4.78, 5) is 5.80. The van der Waals surface area contributed by atoms with Gasteiger partial charge >= 0.3 is 0 Å². The maximum absolute atomic E-state index is 7.80. The summed E-state index contributed by atoms with van der Waals surface area (Å²) in [6.07, 6.45) is 0. The standard InChI is InChI=1S/C15H14ClN5/c16-10-6-7-12-11(8-10)13(9-4-2-1-3-5-9)21(14(17)18)15(19)20-12/h1-8,13H,(H3,17,18)(H2,19,20)/t13-/m0/s1. The van der Waals surface area contributed by atoms with Gasteiger partial charge in [-0.3, -0.25) is 10.3 Å². The summed E-state index contributed by atoms with van der Waals surface area (Å²) in [7, 11) is 0. The highest BCUT2D eigenvalue weighted by Gasteiger charge is 2.32. The molecule has 0 aliphatic carbocycles. The minimum absolute atomic E-state index is 0.157. The third-order valence-electron chi connectivity index (χ3n) is 3.40. The van der Waals surface area contributed by atoms with Crippen molar-refractivity contribution < 1.29 is 0 Å². The molecule has 0 bridgehead atoms. The van der Waals surface area contributed by atoms with Gasteiger partial charge in [0.2, 0.25) is 5.96 Å². The number of hydrogen-bond donors (Lipinski definition) is 3. The van der Waals surface area contributed by atoms with E-state index in [0.29, 0.717) is 5.02 Å². The van der Waals surface area contributed by atoms with Crippen LogP contribution in [-0.2, 0) is 0 Å². The van der Waals surface area contributed by atoms with Crippen molar-refractivity contribution in [3.63, 3.8) is 0 Å². The van der Waals surface area contributed by atoms with Crippen molar-refractivity contribution in [1.82, 2.24) is 4.90 Å². The molecule has 3 rings (SSSR count). The SMILES string of the molecule is N=C(N)N1C(N)=Nc2ccc(Cl)cc2[C@@H]1c1ccccc1. The first-order chi connectivity index (χ1) is 10.1. The average molecular weight is 300 g/mol. The van der Waals surface area contributed by atoms with Gasteiger partial charge in [0, 0.05) is 10.6 Å². The van der Waals surface area contributed by atoms with Crippen LogP contribution in [-0.4, -0.2) is 16.8 Å². The Bertz CT molecular complexity index is 726. The smallest absolute Gasteiger partial charge is 0.204 e. The average Bonchev–Trinajstić information content (AvgIpc) is 2.47. The lowest BCUT2D eigenvalue weighted by molar-refractivity contribution is 0.493. The molecule has 2 aromatic carbocycles. The van der Waals surface area contributed by atoms with Crippen LogP contribution in [0.15, 0.2) is 53.5 Å². The van der Waals surface area contributed by atoms with Crippen LogP contribution in [0.25, 0.3) is 0 Å². The maximum Gasteiger partial charge on any atom is 0.204 e. The van der Waals surface area contributed by atoms with Crippen LogP contribution >= 0.6 is 11.6 Å². The second kappa shape index (κ2) is 5.10. The lowest BCUT2D eigenvalue weighted by Crippen LogP contribution is -2.49. The first kappa shape index (κ1) is 13.5. The molecule has 0 saturated heterocycles. The van der Waals surface area contributed by atoms with Gasteiger partial charge in [-0.05, 0) is 23.8 Å². The van der Waals surface area contributed by atoms with Gasteiger partial charge < -0.3 is 11.5 Å². The summed E-state index contributed by atoms with van der Waals surface area (Å²) in [5, 5.41) is 8.41. The van der Waals surface area contributed by atoms with Gasteiger partial charge in [0.1, 0.15) is 0 Å².